The normalized spacial score (nSPS) is 13.8. The summed E-state index contributed by atoms with van der Waals surface area (Å²) in [6.07, 6.45) is 66.2. The van der Waals surface area contributed by atoms with Gasteiger partial charge in [0, 0.05) is 31.8 Å². The number of hydrogen-bond donors (Lipinski definition) is 1. The number of carboxylic acids is 1. The Balaban J connectivity index is 0.00000123. The van der Waals surface area contributed by atoms with Crippen molar-refractivity contribution in [2.24, 2.45) is 0 Å². The van der Waals surface area contributed by atoms with E-state index in [2.05, 4.69) is 186 Å². The minimum absolute atomic E-state index is 0.176. The highest BCUT2D eigenvalue weighted by molar-refractivity contribution is 5.76. The van der Waals surface area contributed by atoms with Crippen molar-refractivity contribution in [3.8, 4) is 0 Å². The summed E-state index contributed by atoms with van der Waals surface area (Å²) >= 11 is 0. The minimum Gasteiger partial charge on any atom is -0.481 e. The predicted octanol–water partition coefficient (Wildman–Crippen LogP) is 15.7. The predicted molar refractivity (Wildman–Crippen MR) is 260 cm³/mol. The number of carbonyl (C=O) groups is 2. The number of benzene rings is 1. The second-order valence-corrected chi connectivity index (χ2v) is 14.2. The van der Waals surface area contributed by atoms with E-state index in [-0.39, 0.29) is 18.4 Å². The Kier molecular flexibility index (Phi) is 39.1. The number of aliphatic carboxylic acids is 1. The molecule has 2 unspecified atom stereocenters. The van der Waals surface area contributed by atoms with Gasteiger partial charge in [-0.15, -0.1) is 0 Å². The molecule has 0 radical (unpaired) electrons. The van der Waals surface area contributed by atoms with Crippen molar-refractivity contribution in [3.63, 3.8) is 0 Å². The SMILES string of the molecule is CC/C=C\C/C=C\C/C=C\C/C=C\C/C=C\C/C=C\CCC(=O)N(C)C(C)C(C)c1ccccc1.CC/C=C\C/C=C\C/C=C\C/C=C\C/C=C\C/C=C\CCC(=O)O. The summed E-state index contributed by atoms with van der Waals surface area (Å²) in [5, 5.41) is 8.49. The van der Waals surface area contributed by atoms with Gasteiger partial charge in [0.2, 0.25) is 5.91 Å². The first-order valence-corrected chi connectivity index (χ1v) is 22.2. The zero-order valence-corrected chi connectivity index (χ0v) is 37.4. The number of carboxylic acid groups (broad SMARTS) is 1. The van der Waals surface area contributed by atoms with Crippen LogP contribution in [0.25, 0.3) is 0 Å². The van der Waals surface area contributed by atoms with Gasteiger partial charge in [-0.1, -0.05) is 197 Å². The first-order chi connectivity index (χ1) is 28.8. The molecule has 0 aliphatic carbocycles. The average Bonchev–Trinajstić information content (AvgIpc) is 3.24. The number of carbonyl (C=O) groups excluding carboxylic acids is 1. The molecule has 4 nitrogen and oxygen atoms in total. The maximum Gasteiger partial charge on any atom is 0.303 e. The quantitative estimate of drug-likeness (QED) is 0.0761. The van der Waals surface area contributed by atoms with Crippen molar-refractivity contribution in [2.45, 2.75) is 142 Å². The van der Waals surface area contributed by atoms with Gasteiger partial charge in [-0.05, 0) is 102 Å². The van der Waals surface area contributed by atoms with Crippen LogP contribution in [0.15, 0.2) is 176 Å². The van der Waals surface area contributed by atoms with Gasteiger partial charge in [0.15, 0.2) is 0 Å². The summed E-state index contributed by atoms with van der Waals surface area (Å²) in [7, 11) is 1.92. The van der Waals surface area contributed by atoms with Gasteiger partial charge in [0.1, 0.15) is 0 Å². The molecule has 0 bridgehead atoms. The smallest absolute Gasteiger partial charge is 0.303 e. The molecular formula is C55H79NO3. The monoisotopic (exact) mass is 802 g/mol. The maximum atomic E-state index is 12.6. The number of hydrogen-bond acceptors (Lipinski definition) is 2. The molecule has 0 fully saturated rings. The van der Waals surface area contributed by atoms with Gasteiger partial charge in [0.05, 0.1) is 0 Å². The van der Waals surface area contributed by atoms with Crippen molar-refractivity contribution in [2.75, 3.05) is 7.05 Å². The summed E-state index contributed by atoms with van der Waals surface area (Å²) in [5.74, 6) is -0.217. The fraction of sp³-hybridized carbons (Fsp3) is 0.418. The Bertz CT molecular complexity index is 1530. The van der Waals surface area contributed by atoms with Gasteiger partial charge in [-0.2, -0.15) is 0 Å². The van der Waals surface area contributed by atoms with Crippen molar-refractivity contribution in [3.05, 3.63) is 182 Å². The maximum absolute atomic E-state index is 12.6. The lowest BCUT2D eigenvalue weighted by Crippen LogP contribution is -2.38. The highest BCUT2D eigenvalue weighted by atomic mass is 16.4. The third kappa shape index (κ3) is 37.1. The molecule has 0 spiro atoms. The van der Waals surface area contributed by atoms with Gasteiger partial charge in [-0.3, -0.25) is 9.59 Å². The number of rotatable bonds is 31. The fourth-order valence-corrected chi connectivity index (χ4v) is 5.47. The molecule has 1 rings (SSSR count). The van der Waals surface area contributed by atoms with Crippen molar-refractivity contribution in [1.29, 1.82) is 0 Å². The largest absolute Gasteiger partial charge is 0.481 e. The summed E-state index contributed by atoms with van der Waals surface area (Å²) in [6, 6.07) is 10.6. The van der Waals surface area contributed by atoms with Crippen LogP contribution in [-0.2, 0) is 9.59 Å². The van der Waals surface area contributed by atoms with E-state index in [1.807, 2.05) is 30.2 Å². The fourth-order valence-electron chi connectivity index (χ4n) is 5.47. The van der Waals surface area contributed by atoms with E-state index in [1.54, 1.807) is 0 Å². The van der Waals surface area contributed by atoms with E-state index >= 15 is 0 Å². The van der Waals surface area contributed by atoms with Gasteiger partial charge >= 0.3 is 5.97 Å². The highest BCUT2D eigenvalue weighted by Gasteiger charge is 2.21. The third-order valence-corrected chi connectivity index (χ3v) is 9.30. The van der Waals surface area contributed by atoms with Crippen molar-refractivity contribution in [1.82, 2.24) is 4.90 Å². The molecule has 4 heteroatoms. The van der Waals surface area contributed by atoms with E-state index in [9.17, 15) is 9.59 Å². The average molecular weight is 802 g/mol. The van der Waals surface area contributed by atoms with E-state index in [0.717, 1.165) is 83.5 Å². The first-order valence-electron chi connectivity index (χ1n) is 22.2. The van der Waals surface area contributed by atoms with Crippen LogP contribution < -0.4 is 0 Å². The van der Waals surface area contributed by atoms with Crippen molar-refractivity contribution < 1.29 is 14.7 Å². The van der Waals surface area contributed by atoms with E-state index in [1.165, 1.54) is 5.56 Å². The summed E-state index contributed by atoms with van der Waals surface area (Å²) in [6.45, 7) is 8.63. The lowest BCUT2D eigenvalue weighted by molar-refractivity contribution is -0.137. The molecule has 59 heavy (non-hydrogen) atoms. The second-order valence-electron chi connectivity index (χ2n) is 14.2. The molecular weight excluding hydrogens is 723 g/mol. The number of allylic oxidation sites excluding steroid dienone is 24. The van der Waals surface area contributed by atoms with Crippen LogP contribution in [0.2, 0.25) is 0 Å². The van der Waals surface area contributed by atoms with E-state index < -0.39 is 5.97 Å². The van der Waals surface area contributed by atoms with Crippen molar-refractivity contribution >= 4 is 11.9 Å². The molecule has 0 aliphatic heterocycles. The van der Waals surface area contributed by atoms with Gasteiger partial charge in [0.25, 0.3) is 0 Å². The van der Waals surface area contributed by atoms with Gasteiger partial charge < -0.3 is 10.0 Å². The summed E-state index contributed by atoms with van der Waals surface area (Å²) < 4.78 is 0. The molecule has 0 saturated carbocycles. The Morgan fingerprint density at radius 2 is 0.763 bits per heavy atom. The number of likely N-dealkylation sites (N-methyl/N-ethyl adjacent to an activating group) is 1. The van der Waals surface area contributed by atoms with Crippen LogP contribution in [0.4, 0.5) is 0 Å². The molecule has 0 saturated heterocycles. The molecule has 322 valence electrons. The van der Waals surface area contributed by atoms with Crippen LogP contribution in [0.1, 0.15) is 142 Å². The second kappa shape index (κ2) is 42.6. The molecule has 0 aliphatic rings. The topological polar surface area (TPSA) is 57.6 Å². The number of nitrogens with zero attached hydrogens (tertiary/aromatic N) is 1. The molecule has 1 N–H and O–H groups in total. The Hall–Kier alpha value is -4.96. The van der Waals surface area contributed by atoms with Gasteiger partial charge in [-0.25, -0.2) is 0 Å². The highest BCUT2D eigenvalue weighted by Crippen LogP contribution is 2.22. The van der Waals surface area contributed by atoms with Crippen LogP contribution in [0.5, 0.6) is 0 Å². The Labute approximate surface area is 361 Å². The molecule has 1 aromatic rings. The number of amides is 1. The standard InChI is InChI=1S/C33H47NO.C22H32O2/c1-5-6-7-8-9-10-11-12-13-14-15-16-17-18-19-20-21-22-26-29-33(35)34(4)31(3)30(2)32-27-24-23-25-28-32;1-2-3-4-5-6-7-8-9-10-11-12-13-14-15-16-17-18-19-20-21-22(23)24/h6-7,9-10,12-13,15-16,18-19,21-25,27-28,30-31H,5,8,11,14,17,20,26,29H2,1-4H3;3-4,6-7,9-10,12-13,15-16,18-19H,2,5,8,11,14,17,20-21H2,1H3,(H,23,24)/b7-6-,10-9-,13-12-,16-15-,19-18-,22-21-;4-3-,7-6-,10-9-,13-12-,16-15-,19-18-. The van der Waals surface area contributed by atoms with Crippen LogP contribution in [0.3, 0.4) is 0 Å². The third-order valence-electron chi connectivity index (χ3n) is 9.30. The first kappa shape index (κ1) is 54.0. The molecule has 2 atom stereocenters. The van der Waals surface area contributed by atoms with E-state index in [0.29, 0.717) is 18.8 Å². The molecule has 0 heterocycles. The Morgan fingerprint density at radius 3 is 1.07 bits per heavy atom. The van der Waals surface area contributed by atoms with E-state index in [4.69, 9.17) is 5.11 Å². The molecule has 1 aromatic carbocycles. The molecule has 0 aromatic heterocycles. The van der Waals surface area contributed by atoms with Crippen LogP contribution in [0, 0.1) is 0 Å². The lowest BCUT2D eigenvalue weighted by atomic mass is 9.93. The van der Waals surface area contributed by atoms with Crippen LogP contribution in [-0.4, -0.2) is 35.0 Å². The lowest BCUT2D eigenvalue weighted by Gasteiger charge is -2.30. The summed E-state index contributed by atoms with van der Waals surface area (Å²) in [5.41, 5.74) is 1.27. The minimum atomic E-state index is -0.741. The van der Waals surface area contributed by atoms with Crippen LogP contribution >= 0.6 is 0 Å². The zero-order valence-electron chi connectivity index (χ0n) is 37.4. The summed E-state index contributed by atoms with van der Waals surface area (Å²) in [4.78, 5) is 24.8. The zero-order chi connectivity index (χ0) is 43.3. The molecule has 1 amide bonds. The Morgan fingerprint density at radius 1 is 0.475 bits per heavy atom.